The molecule has 0 aliphatic rings. The molecule has 1 heterocycles. The summed E-state index contributed by atoms with van der Waals surface area (Å²) in [6, 6.07) is 79.0. The average molecular weight is 695 g/mol. The molecule has 0 bridgehead atoms. The van der Waals surface area contributed by atoms with Crippen LogP contribution in [-0.2, 0) is 0 Å². The third kappa shape index (κ3) is 5.97. The van der Waals surface area contributed by atoms with E-state index in [0.717, 1.165) is 22.7 Å². The number of hydrogen-bond acceptors (Lipinski definition) is 1. The van der Waals surface area contributed by atoms with E-state index < -0.39 is 8.07 Å². The second-order valence-electron chi connectivity index (χ2n) is 13.4. The van der Waals surface area contributed by atoms with Crippen molar-refractivity contribution in [3.05, 3.63) is 230 Å². The highest BCUT2D eigenvalue weighted by molar-refractivity contribution is 7.15. The number of rotatable bonds is 9. The van der Waals surface area contributed by atoms with Crippen molar-refractivity contribution in [1.29, 1.82) is 0 Å². The second kappa shape index (κ2) is 14.1. The predicted octanol–water partition coefficient (Wildman–Crippen LogP) is 11.0. The van der Waals surface area contributed by atoms with Gasteiger partial charge in [0.25, 0.3) is 0 Å². The van der Waals surface area contributed by atoms with E-state index in [0.29, 0.717) is 0 Å². The third-order valence-electron chi connectivity index (χ3n) is 10.3. The Bertz CT molecular complexity index is 2540. The number of benzene rings is 8. The molecule has 53 heavy (non-hydrogen) atoms. The minimum Gasteiger partial charge on any atom is -0.310 e. The van der Waals surface area contributed by atoms with Gasteiger partial charge in [0.15, 0.2) is 8.07 Å². The molecule has 0 saturated carbocycles. The van der Waals surface area contributed by atoms with E-state index in [-0.39, 0.29) is 0 Å². The maximum atomic E-state index is 2.51. The quantitative estimate of drug-likeness (QED) is 0.108. The Morgan fingerprint density at radius 2 is 0.830 bits per heavy atom. The average Bonchev–Trinajstić information content (AvgIpc) is 3.57. The van der Waals surface area contributed by atoms with Crippen LogP contribution in [0.5, 0.6) is 0 Å². The topological polar surface area (TPSA) is 8.17 Å². The van der Waals surface area contributed by atoms with Gasteiger partial charge in [0.05, 0.1) is 11.0 Å². The highest BCUT2D eigenvalue weighted by atomic mass is 28.3. The first-order chi connectivity index (χ1) is 26.3. The summed E-state index contributed by atoms with van der Waals surface area (Å²) in [5.74, 6) is 0. The fraction of sp³-hybridized carbons (Fsp3) is 0. The predicted molar refractivity (Wildman–Crippen MR) is 228 cm³/mol. The zero-order valence-corrected chi connectivity index (χ0v) is 30.3. The van der Waals surface area contributed by atoms with Gasteiger partial charge in [0.1, 0.15) is 0 Å². The SMILES string of the molecule is C(=C[Si](c1ccccc1)(c1ccccc1)c1ccccc1)c1ccc(N(c2ccccc2)c2ccc3c(c2)c2ccccc2n3-c2ccccc2)cc1. The molecule has 0 atom stereocenters. The van der Waals surface area contributed by atoms with E-state index in [1.165, 1.54) is 42.9 Å². The molecule has 0 N–H and O–H groups in total. The normalized spacial score (nSPS) is 11.7. The zero-order chi connectivity index (χ0) is 35.5. The minimum atomic E-state index is -2.51. The van der Waals surface area contributed by atoms with Gasteiger partial charge in [-0.3, -0.25) is 0 Å². The van der Waals surface area contributed by atoms with E-state index in [1.807, 2.05) is 0 Å². The van der Waals surface area contributed by atoms with Crippen molar-refractivity contribution in [2.75, 3.05) is 4.90 Å². The van der Waals surface area contributed by atoms with Crippen LogP contribution in [0.2, 0.25) is 0 Å². The van der Waals surface area contributed by atoms with Crippen molar-refractivity contribution in [3.8, 4) is 5.69 Å². The number of anilines is 3. The third-order valence-corrected chi connectivity index (χ3v) is 14.7. The molecule has 0 saturated heterocycles. The summed E-state index contributed by atoms with van der Waals surface area (Å²) in [5.41, 5.74) is 10.6. The zero-order valence-electron chi connectivity index (χ0n) is 29.3. The number of hydrogen-bond donors (Lipinski definition) is 0. The van der Waals surface area contributed by atoms with Gasteiger partial charge >= 0.3 is 0 Å². The maximum absolute atomic E-state index is 2.51. The molecule has 9 rings (SSSR count). The van der Waals surface area contributed by atoms with Gasteiger partial charge in [-0.1, -0.05) is 170 Å². The van der Waals surface area contributed by atoms with Crippen LogP contribution in [0.1, 0.15) is 5.56 Å². The summed E-state index contributed by atoms with van der Waals surface area (Å²) in [7, 11) is -2.51. The summed E-state index contributed by atoms with van der Waals surface area (Å²) in [6.07, 6.45) is 2.33. The van der Waals surface area contributed by atoms with Gasteiger partial charge in [-0.25, -0.2) is 0 Å². The van der Waals surface area contributed by atoms with Gasteiger partial charge in [0, 0.05) is 33.5 Å². The van der Waals surface area contributed by atoms with Crippen molar-refractivity contribution in [2.45, 2.75) is 0 Å². The highest BCUT2D eigenvalue weighted by Crippen LogP contribution is 2.39. The minimum absolute atomic E-state index is 1.11. The van der Waals surface area contributed by atoms with Crippen molar-refractivity contribution in [2.24, 2.45) is 0 Å². The molecule has 9 aromatic rings. The van der Waals surface area contributed by atoms with Crippen molar-refractivity contribution in [1.82, 2.24) is 4.57 Å². The van der Waals surface area contributed by atoms with Gasteiger partial charge < -0.3 is 9.47 Å². The van der Waals surface area contributed by atoms with Gasteiger partial charge in [-0.2, -0.15) is 0 Å². The van der Waals surface area contributed by atoms with E-state index in [2.05, 4.69) is 240 Å². The fourth-order valence-corrected chi connectivity index (χ4v) is 12.0. The number of fused-ring (bicyclic) bond motifs is 3. The molecule has 0 amide bonds. The first kappa shape index (κ1) is 32.2. The van der Waals surface area contributed by atoms with Gasteiger partial charge in [-0.05, 0) is 81.8 Å². The fourth-order valence-electron chi connectivity index (χ4n) is 7.83. The lowest BCUT2D eigenvalue weighted by molar-refractivity contribution is 1.18. The molecular formula is C50H38N2Si. The van der Waals surface area contributed by atoms with Crippen molar-refractivity contribution >= 4 is 68.6 Å². The highest BCUT2D eigenvalue weighted by Gasteiger charge is 2.36. The Balaban J connectivity index is 1.14. The standard InChI is InChI=1S/C50H38N2Si/c1-6-18-40(19-7-1)51(43-34-35-50-48(38-43)47-28-16-17-29-49(47)52(50)41-20-8-2-9-21-41)42-32-30-39(31-33-42)36-37-53(44-22-10-3-11-23-44,45-24-12-4-13-25-45)46-26-14-5-15-27-46/h1-38H. The largest absolute Gasteiger partial charge is 0.310 e. The Morgan fingerprint density at radius 3 is 1.42 bits per heavy atom. The van der Waals surface area contributed by atoms with Gasteiger partial charge in [0.2, 0.25) is 0 Å². The lowest BCUT2D eigenvalue weighted by Gasteiger charge is -2.30. The van der Waals surface area contributed by atoms with Crippen LogP contribution in [0.15, 0.2) is 224 Å². The summed E-state index contributed by atoms with van der Waals surface area (Å²) < 4.78 is 2.37. The van der Waals surface area contributed by atoms with Crippen molar-refractivity contribution in [3.63, 3.8) is 0 Å². The lowest BCUT2D eigenvalue weighted by Crippen LogP contribution is -2.66. The lowest BCUT2D eigenvalue weighted by atomic mass is 10.1. The Labute approximate surface area is 312 Å². The molecule has 0 fully saturated rings. The summed E-state index contributed by atoms with van der Waals surface area (Å²) in [4.78, 5) is 2.36. The summed E-state index contributed by atoms with van der Waals surface area (Å²) >= 11 is 0. The molecule has 0 aliphatic carbocycles. The summed E-state index contributed by atoms with van der Waals surface area (Å²) in [6.45, 7) is 0. The van der Waals surface area contributed by atoms with Crippen LogP contribution < -0.4 is 20.5 Å². The Hall–Kier alpha value is -6.68. The molecule has 1 aromatic heterocycles. The number of nitrogens with zero attached hydrogens (tertiary/aromatic N) is 2. The van der Waals surface area contributed by atoms with E-state index >= 15 is 0 Å². The molecule has 3 heteroatoms. The van der Waals surface area contributed by atoms with Crippen LogP contribution in [-0.4, -0.2) is 12.6 Å². The molecule has 2 nitrogen and oxygen atoms in total. The molecule has 0 unspecified atom stereocenters. The van der Waals surface area contributed by atoms with Crippen LogP contribution in [0.25, 0.3) is 33.6 Å². The number of para-hydroxylation sites is 3. The maximum Gasteiger partial charge on any atom is 0.172 e. The molecule has 0 spiro atoms. The van der Waals surface area contributed by atoms with Crippen molar-refractivity contribution < 1.29 is 0 Å². The second-order valence-corrected chi connectivity index (χ2v) is 17.1. The molecule has 8 aromatic carbocycles. The first-order valence-corrected chi connectivity index (χ1v) is 20.3. The smallest absolute Gasteiger partial charge is 0.172 e. The van der Waals surface area contributed by atoms with E-state index in [4.69, 9.17) is 0 Å². The van der Waals surface area contributed by atoms with E-state index in [1.54, 1.807) is 0 Å². The monoisotopic (exact) mass is 694 g/mol. The number of aromatic nitrogens is 1. The van der Waals surface area contributed by atoms with Crippen LogP contribution in [0.4, 0.5) is 17.1 Å². The molecule has 0 radical (unpaired) electrons. The Kier molecular flexibility index (Phi) is 8.61. The molecular weight excluding hydrogens is 657 g/mol. The Morgan fingerprint density at radius 1 is 0.377 bits per heavy atom. The molecule has 252 valence electrons. The van der Waals surface area contributed by atoms with Gasteiger partial charge in [-0.15, -0.1) is 0 Å². The van der Waals surface area contributed by atoms with E-state index in [9.17, 15) is 0 Å². The molecule has 0 aliphatic heterocycles. The van der Waals surface area contributed by atoms with Crippen LogP contribution >= 0.6 is 0 Å². The summed E-state index contributed by atoms with van der Waals surface area (Å²) in [5, 5.41) is 6.56. The first-order valence-electron chi connectivity index (χ1n) is 18.2. The van der Waals surface area contributed by atoms with Crippen LogP contribution in [0.3, 0.4) is 0 Å². The van der Waals surface area contributed by atoms with Crippen LogP contribution in [0, 0.1) is 0 Å².